The number of ether oxygens (including phenoxy) is 2. The molecule has 0 fully saturated rings. The van der Waals surface area contributed by atoms with Crippen molar-refractivity contribution in [2.75, 3.05) is 12.1 Å². The van der Waals surface area contributed by atoms with Gasteiger partial charge >= 0.3 is 6.03 Å². The summed E-state index contributed by atoms with van der Waals surface area (Å²) >= 11 is 0. The van der Waals surface area contributed by atoms with Crippen LogP contribution in [0.15, 0.2) is 28.7 Å². The third kappa shape index (κ3) is 2.86. The van der Waals surface area contributed by atoms with Crippen molar-refractivity contribution in [1.29, 1.82) is 0 Å². The SMILES string of the molecule is Cc1ccc([C@@H](C)NC(=O)Nc2cc3c(cc2C)OCO3)o1. The van der Waals surface area contributed by atoms with Crippen molar-refractivity contribution in [3.63, 3.8) is 0 Å². The molecule has 0 spiro atoms. The van der Waals surface area contributed by atoms with Gasteiger partial charge in [-0.1, -0.05) is 0 Å². The van der Waals surface area contributed by atoms with Crippen LogP contribution >= 0.6 is 0 Å². The van der Waals surface area contributed by atoms with Crippen LogP contribution in [0, 0.1) is 13.8 Å². The lowest BCUT2D eigenvalue weighted by Crippen LogP contribution is -2.31. The Labute approximate surface area is 128 Å². The van der Waals surface area contributed by atoms with Crippen molar-refractivity contribution >= 4 is 11.7 Å². The van der Waals surface area contributed by atoms with Crippen molar-refractivity contribution < 1.29 is 18.7 Å². The molecule has 2 aromatic rings. The lowest BCUT2D eigenvalue weighted by molar-refractivity contribution is 0.174. The molecule has 0 unspecified atom stereocenters. The van der Waals surface area contributed by atoms with Gasteiger partial charge in [-0.15, -0.1) is 0 Å². The third-order valence-electron chi connectivity index (χ3n) is 3.50. The summed E-state index contributed by atoms with van der Waals surface area (Å²) in [6, 6.07) is 6.81. The van der Waals surface area contributed by atoms with Gasteiger partial charge in [0.1, 0.15) is 11.5 Å². The Morgan fingerprint density at radius 2 is 1.91 bits per heavy atom. The molecule has 0 aliphatic carbocycles. The van der Waals surface area contributed by atoms with Crippen molar-refractivity contribution in [1.82, 2.24) is 5.32 Å². The molecule has 1 aliphatic rings. The maximum atomic E-state index is 12.1. The summed E-state index contributed by atoms with van der Waals surface area (Å²) in [5.41, 5.74) is 1.59. The van der Waals surface area contributed by atoms with Crippen LogP contribution in [0.4, 0.5) is 10.5 Å². The van der Waals surface area contributed by atoms with Gasteiger partial charge < -0.3 is 24.5 Å². The molecule has 0 saturated heterocycles. The van der Waals surface area contributed by atoms with Gasteiger partial charge in [0.2, 0.25) is 6.79 Å². The zero-order valence-electron chi connectivity index (χ0n) is 12.7. The third-order valence-corrected chi connectivity index (χ3v) is 3.50. The largest absolute Gasteiger partial charge is 0.464 e. The van der Waals surface area contributed by atoms with Crippen LogP contribution in [-0.2, 0) is 0 Å². The summed E-state index contributed by atoms with van der Waals surface area (Å²) in [5, 5.41) is 5.66. The van der Waals surface area contributed by atoms with E-state index in [0.717, 1.165) is 17.1 Å². The highest BCUT2D eigenvalue weighted by Gasteiger charge is 2.18. The lowest BCUT2D eigenvalue weighted by Gasteiger charge is -2.14. The van der Waals surface area contributed by atoms with Crippen molar-refractivity contribution in [3.05, 3.63) is 41.3 Å². The van der Waals surface area contributed by atoms with Gasteiger partial charge in [-0.3, -0.25) is 0 Å². The summed E-state index contributed by atoms with van der Waals surface area (Å²) in [6.07, 6.45) is 0. The van der Waals surface area contributed by atoms with E-state index in [2.05, 4.69) is 10.6 Å². The van der Waals surface area contributed by atoms with E-state index < -0.39 is 0 Å². The number of fused-ring (bicyclic) bond motifs is 1. The molecular weight excluding hydrogens is 284 g/mol. The molecule has 3 rings (SSSR count). The van der Waals surface area contributed by atoms with E-state index in [1.807, 2.05) is 39.0 Å². The second-order valence-corrected chi connectivity index (χ2v) is 5.29. The molecule has 6 nitrogen and oxygen atoms in total. The molecule has 1 aliphatic heterocycles. The van der Waals surface area contributed by atoms with Crippen LogP contribution in [0.3, 0.4) is 0 Å². The molecule has 116 valence electrons. The van der Waals surface area contributed by atoms with Gasteiger partial charge in [0.15, 0.2) is 11.5 Å². The molecule has 1 aromatic carbocycles. The van der Waals surface area contributed by atoms with E-state index in [1.54, 1.807) is 6.07 Å². The molecule has 1 atom stereocenters. The number of hydrogen-bond donors (Lipinski definition) is 2. The van der Waals surface area contributed by atoms with Gasteiger partial charge in [-0.05, 0) is 44.5 Å². The quantitative estimate of drug-likeness (QED) is 0.910. The van der Waals surface area contributed by atoms with E-state index >= 15 is 0 Å². The van der Waals surface area contributed by atoms with E-state index in [0.29, 0.717) is 17.2 Å². The molecule has 0 bridgehead atoms. The van der Waals surface area contributed by atoms with E-state index in [9.17, 15) is 4.79 Å². The summed E-state index contributed by atoms with van der Waals surface area (Å²) in [7, 11) is 0. The van der Waals surface area contributed by atoms with Gasteiger partial charge in [-0.2, -0.15) is 0 Å². The second-order valence-electron chi connectivity index (χ2n) is 5.29. The van der Waals surface area contributed by atoms with Crippen LogP contribution in [0.5, 0.6) is 11.5 Å². The van der Waals surface area contributed by atoms with E-state index in [-0.39, 0.29) is 18.9 Å². The van der Waals surface area contributed by atoms with Crippen LogP contribution in [-0.4, -0.2) is 12.8 Å². The zero-order valence-corrected chi connectivity index (χ0v) is 12.7. The lowest BCUT2D eigenvalue weighted by atomic mass is 10.2. The second kappa shape index (κ2) is 5.63. The number of benzene rings is 1. The molecular formula is C16H18N2O4. The van der Waals surface area contributed by atoms with Gasteiger partial charge in [0, 0.05) is 11.8 Å². The fraction of sp³-hybridized carbons (Fsp3) is 0.312. The maximum absolute atomic E-state index is 12.1. The highest BCUT2D eigenvalue weighted by Crippen LogP contribution is 2.36. The normalized spacial score (nSPS) is 13.8. The van der Waals surface area contributed by atoms with Crippen LogP contribution in [0.1, 0.15) is 30.0 Å². The Hall–Kier alpha value is -2.63. The number of nitrogens with one attached hydrogen (secondary N) is 2. The average Bonchev–Trinajstić information content (AvgIpc) is 3.07. The number of carbonyl (C=O) groups is 1. The van der Waals surface area contributed by atoms with Crippen molar-refractivity contribution in [3.8, 4) is 11.5 Å². The van der Waals surface area contributed by atoms with E-state index in [1.165, 1.54) is 0 Å². The zero-order chi connectivity index (χ0) is 15.7. The molecule has 2 N–H and O–H groups in total. The van der Waals surface area contributed by atoms with Crippen LogP contribution in [0.25, 0.3) is 0 Å². The predicted octanol–water partition coefficient (Wildman–Crippen LogP) is 3.51. The molecule has 2 amide bonds. The molecule has 1 aromatic heterocycles. The molecule has 2 heterocycles. The summed E-state index contributed by atoms with van der Waals surface area (Å²) in [5.74, 6) is 2.87. The summed E-state index contributed by atoms with van der Waals surface area (Å²) in [4.78, 5) is 12.1. The number of urea groups is 1. The first-order valence-electron chi connectivity index (χ1n) is 7.07. The number of amides is 2. The van der Waals surface area contributed by atoms with Gasteiger partial charge in [0.05, 0.1) is 6.04 Å². The highest BCUT2D eigenvalue weighted by molar-refractivity contribution is 5.90. The number of carbonyl (C=O) groups excluding carboxylic acids is 1. The topological polar surface area (TPSA) is 72.7 Å². The highest BCUT2D eigenvalue weighted by atomic mass is 16.7. The summed E-state index contributed by atoms with van der Waals surface area (Å²) in [6.45, 7) is 5.84. The Bertz CT molecular complexity index is 708. The minimum atomic E-state index is -0.302. The first-order valence-corrected chi connectivity index (χ1v) is 7.07. The standard InChI is InChI=1S/C16H18N2O4/c1-9-6-14-15(21-8-20-14)7-12(9)18-16(19)17-11(3)13-5-4-10(2)22-13/h4-7,11H,8H2,1-3H3,(H2,17,18,19)/t11-/m1/s1. The Morgan fingerprint density at radius 1 is 1.18 bits per heavy atom. The Balaban J connectivity index is 1.67. The molecule has 22 heavy (non-hydrogen) atoms. The van der Waals surface area contributed by atoms with Gasteiger partial charge in [-0.25, -0.2) is 4.79 Å². The van der Waals surface area contributed by atoms with Crippen LogP contribution < -0.4 is 20.1 Å². The van der Waals surface area contributed by atoms with Gasteiger partial charge in [0.25, 0.3) is 0 Å². The van der Waals surface area contributed by atoms with Crippen molar-refractivity contribution in [2.45, 2.75) is 26.8 Å². The fourth-order valence-corrected chi connectivity index (χ4v) is 2.29. The number of hydrogen-bond acceptors (Lipinski definition) is 4. The Kier molecular flexibility index (Phi) is 3.66. The predicted molar refractivity (Wildman–Crippen MR) is 81.3 cm³/mol. The molecule has 0 radical (unpaired) electrons. The molecule has 6 heteroatoms. The minimum absolute atomic E-state index is 0.208. The summed E-state index contributed by atoms with van der Waals surface area (Å²) < 4.78 is 16.1. The number of rotatable bonds is 3. The average molecular weight is 302 g/mol. The first-order chi connectivity index (χ1) is 10.5. The van der Waals surface area contributed by atoms with E-state index in [4.69, 9.17) is 13.9 Å². The monoisotopic (exact) mass is 302 g/mol. The fourth-order valence-electron chi connectivity index (χ4n) is 2.29. The number of furan rings is 1. The van der Waals surface area contributed by atoms with Crippen LogP contribution in [0.2, 0.25) is 0 Å². The molecule has 0 saturated carbocycles. The number of anilines is 1. The van der Waals surface area contributed by atoms with Crippen molar-refractivity contribution in [2.24, 2.45) is 0 Å². The minimum Gasteiger partial charge on any atom is -0.464 e. The Morgan fingerprint density at radius 3 is 2.59 bits per heavy atom. The number of aryl methyl sites for hydroxylation is 2. The maximum Gasteiger partial charge on any atom is 0.319 e. The first kappa shape index (κ1) is 14.3. The smallest absolute Gasteiger partial charge is 0.319 e.